The van der Waals surface area contributed by atoms with Gasteiger partial charge in [-0.1, -0.05) is 39.0 Å². The van der Waals surface area contributed by atoms with Gasteiger partial charge in [0.2, 0.25) is 0 Å². The van der Waals surface area contributed by atoms with Crippen molar-refractivity contribution in [1.29, 1.82) is 0 Å². The minimum atomic E-state index is -1.75. The van der Waals surface area contributed by atoms with Gasteiger partial charge in [0.25, 0.3) is 0 Å². The lowest BCUT2D eigenvalue weighted by atomic mass is 9.59. The van der Waals surface area contributed by atoms with Gasteiger partial charge < -0.3 is 19.3 Å². The molecule has 0 aromatic rings. The Hall–Kier alpha value is -1.76. The standard InChI is InChI=1S/C30H40O6/c1-16-14-29-17(2)12-21-22(27(21,3)4)20(23(29)31)13-19-15-34-28(5,6)36-25(19)30(29,33)24(16)35-26(32)18-10-8-7-9-11-18/h10,13-14,17,20-22,24-25,33H,7-9,11-12,15H2,1-6H3/t17-,20+,21-,22+,24+,25-,29+,30-/m1/s1. The highest BCUT2D eigenvalue weighted by Crippen LogP contribution is 2.72. The van der Waals surface area contributed by atoms with Crippen LogP contribution in [0.25, 0.3) is 0 Å². The molecule has 2 bridgehead atoms. The number of allylic oxidation sites excluding steroid dienone is 2. The first-order valence-corrected chi connectivity index (χ1v) is 13.7. The third-order valence-electron chi connectivity index (χ3n) is 10.4. The predicted molar refractivity (Wildman–Crippen MR) is 134 cm³/mol. The summed E-state index contributed by atoms with van der Waals surface area (Å²) in [6.07, 6.45) is 8.55. The summed E-state index contributed by atoms with van der Waals surface area (Å²) in [6.45, 7) is 12.4. The predicted octanol–water partition coefficient (Wildman–Crippen LogP) is 4.66. The molecule has 1 saturated heterocycles. The lowest BCUT2D eigenvalue weighted by Crippen LogP contribution is -2.68. The fraction of sp³-hybridized carbons (Fsp3) is 0.733. The molecule has 2 saturated carbocycles. The Bertz CT molecular complexity index is 1110. The van der Waals surface area contributed by atoms with Crippen molar-refractivity contribution in [3.05, 3.63) is 34.9 Å². The average Bonchev–Trinajstić information content (AvgIpc) is 3.32. The molecule has 36 heavy (non-hydrogen) atoms. The second-order valence-electron chi connectivity index (χ2n) is 13.3. The molecule has 6 aliphatic rings. The van der Waals surface area contributed by atoms with E-state index in [1.807, 2.05) is 39.0 Å². The van der Waals surface area contributed by atoms with Crippen molar-refractivity contribution in [2.24, 2.45) is 34.5 Å². The van der Waals surface area contributed by atoms with Crippen LogP contribution >= 0.6 is 0 Å². The van der Waals surface area contributed by atoms with Gasteiger partial charge in [0, 0.05) is 11.5 Å². The molecule has 0 unspecified atom stereocenters. The highest BCUT2D eigenvalue weighted by Gasteiger charge is 2.77. The number of ketones is 1. The molecule has 1 aliphatic heterocycles. The number of ether oxygens (including phenoxy) is 3. The molecule has 1 spiro atoms. The molecule has 3 fully saturated rings. The maximum Gasteiger partial charge on any atom is 0.334 e. The van der Waals surface area contributed by atoms with Crippen molar-refractivity contribution in [2.75, 3.05) is 6.61 Å². The number of hydrogen-bond donors (Lipinski definition) is 1. The maximum absolute atomic E-state index is 14.7. The average molecular weight is 497 g/mol. The zero-order valence-electron chi connectivity index (χ0n) is 22.4. The van der Waals surface area contributed by atoms with E-state index >= 15 is 0 Å². The van der Waals surface area contributed by atoms with Crippen LogP contribution in [0, 0.1) is 34.5 Å². The molecule has 6 heteroatoms. The summed E-state index contributed by atoms with van der Waals surface area (Å²) in [5.74, 6) is -1.14. The van der Waals surface area contributed by atoms with Gasteiger partial charge in [0.05, 0.1) is 12.0 Å². The highest BCUT2D eigenvalue weighted by molar-refractivity contribution is 5.96. The van der Waals surface area contributed by atoms with Crippen molar-refractivity contribution < 1.29 is 28.9 Å². The monoisotopic (exact) mass is 496 g/mol. The van der Waals surface area contributed by atoms with E-state index in [1.165, 1.54) is 0 Å². The summed E-state index contributed by atoms with van der Waals surface area (Å²) < 4.78 is 18.7. The zero-order chi connectivity index (χ0) is 25.8. The van der Waals surface area contributed by atoms with Crippen LogP contribution in [0.15, 0.2) is 34.9 Å². The summed E-state index contributed by atoms with van der Waals surface area (Å²) in [5.41, 5.74) is -0.706. The smallest absolute Gasteiger partial charge is 0.334 e. The first-order valence-electron chi connectivity index (χ1n) is 13.7. The molecule has 0 amide bonds. The number of carbonyl (C=O) groups excluding carboxylic acids is 2. The third-order valence-corrected chi connectivity index (χ3v) is 10.4. The van der Waals surface area contributed by atoms with Gasteiger partial charge in [0.15, 0.2) is 23.3 Å². The number of rotatable bonds is 2. The summed E-state index contributed by atoms with van der Waals surface area (Å²) in [7, 11) is 0. The van der Waals surface area contributed by atoms with Crippen molar-refractivity contribution in [2.45, 2.75) is 97.2 Å². The Morgan fingerprint density at radius 3 is 2.64 bits per heavy atom. The molecule has 0 aromatic heterocycles. The topological polar surface area (TPSA) is 82.1 Å². The second kappa shape index (κ2) is 7.64. The Morgan fingerprint density at radius 1 is 1.19 bits per heavy atom. The normalized spacial score (nSPS) is 46.1. The van der Waals surface area contributed by atoms with Crippen molar-refractivity contribution in [3.8, 4) is 0 Å². The minimum absolute atomic E-state index is 0.0358. The molecular weight excluding hydrogens is 456 g/mol. The fourth-order valence-electron chi connectivity index (χ4n) is 8.51. The molecule has 0 radical (unpaired) electrons. The maximum atomic E-state index is 14.7. The fourth-order valence-corrected chi connectivity index (χ4v) is 8.51. The Morgan fingerprint density at radius 2 is 1.94 bits per heavy atom. The Labute approximate surface area is 214 Å². The van der Waals surface area contributed by atoms with Crippen LogP contribution in [0.2, 0.25) is 0 Å². The molecule has 6 rings (SSSR count). The molecule has 5 aliphatic carbocycles. The van der Waals surface area contributed by atoms with Gasteiger partial charge in [-0.2, -0.15) is 0 Å². The largest absolute Gasteiger partial charge is 0.451 e. The number of esters is 1. The molecule has 1 heterocycles. The Kier molecular flexibility index (Phi) is 5.22. The Balaban J connectivity index is 1.51. The third kappa shape index (κ3) is 3.07. The number of hydrogen-bond acceptors (Lipinski definition) is 6. The quantitative estimate of drug-likeness (QED) is 0.442. The van der Waals surface area contributed by atoms with Crippen LogP contribution in [0.4, 0.5) is 0 Å². The highest BCUT2D eigenvalue weighted by atomic mass is 16.7. The number of fused-ring (bicyclic) bond motifs is 5. The van der Waals surface area contributed by atoms with Crippen molar-refractivity contribution in [1.82, 2.24) is 0 Å². The van der Waals surface area contributed by atoms with E-state index in [-0.39, 0.29) is 35.6 Å². The van der Waals surface area contributed by atoms with Crippen LogP contribution in [0.3, 0.4) is 0 Å². The van der Waals surface area contributed by atoms with E-state index in [1.54, 1.807) is 0 Å². The molecule has 1 N–H and O–H groups in total. The van der Waals surface area contributed by atoms with Crippen molar-refractivity contribution >= 4 is 11.8 Å². The number of carbonyl (C=O) groups is 2. The lowest BCUT2D eigenvalue weighted by molar-refractivity contribution is -0.303. The van der Waals surface area contributed by atoms with Crippen LogP contribution in [0.5, 0.6) is 0 Å². The van der Waals surface area contributed by atoms with Gasteiger partial charge in [-0.15, -0.1) is 0 Å². The van der Waals surface area contributed by atoms with E-state index in [0.717, 1.165) is 36.8 Å². The van der Waals surface area contributed by atoms with Gasteiger partial charge >= 0.3 is 5.97 Å². The second-order valence-corrected chi connectivity index (χ2v) is 13.3. The van der Waals surface area contributed by atoms with Crippen LogP contribution in [0.1, 0.15) is 73.6 Å². The summed E-state index contributed by atoms with van der Waals surface area (Å²) in [4.78, 5) is 28.0. The molecular formula is C30H40O6. The van der Waals surface area contributed by atoms with Gasteiger partial charge in [-0.25, -0.2) is 4.79 Å². The zero-order valence-corrected chi connectivity index (χ0v) is 22.4. The van der Waals surface area contributed by atoms with Gasteiger partial charge in [0.1, 0.15) is 6.10 Å². The van der Waals surface area contributed by atoms with E-state index < -0.39 is 35.0 Å². The van der Waals surface area contributed by atoms with E-state index in [0.29, 0.717) is 17.9 Å². The summed E-state index contributed by atoms with van der Waals surface area (Å²) >= 11 is 0. The number of Topliss-reactive ketones (excluding diaryl/α,β-unsaturated/α-hetero) is 1. The first-order chi connectivity index (χ1) is 16.8. The summed E-state index contributed by atoms with van der Waals surface area (Å²) in [5, 5.41) is 13.0. The van der Waals surface area contributed by atoms with E-state index in [9.17, 15) is 14.7 Å². The molecule has 0 aromatic carbocycles. The van der Waals surface area contributed by atoms with Crippen LogP contribution < -0.4 is 0 Å². The van der Waals surface area contributed by atoms with Crippen molar-refractivity contribution in [3.63, 3.8) is 0 Å². The lowest BCUT2D eigenvalue weighted by Gasteiger charge is -2.52. The van der Waals surface area contributed by atoms with E-state index in [2.05, 4.69) is 20.8 Å². The van der Waals surface area contributed by atoms with E-state index in [4.69, 9.17) is 14.2 Å². The molecule has 8 atom stereocenters. The van der Waals surface area contributed by atoms with Crippen LogP contribution in [-0.2, 0) is 23.8 Å². The SMILES string of the molecule is CC1=C[C@]23C(=O)[C@@H](C=C4COC(C)(C)O[C@H]4[C@]2(O)[C@H]1OC(=O)C1=CCCCC1)[C@H]1[C@@H](C[C@H]3C)C1(C)C. The van der Waals surface area contributed by atoms with Crippen LogP contribution in [-0.4, -0.2) is 47.1 Å². The van der Waals surface area contributed by atoms with Gasteiger partial charge in [-0.3, -0.25) is 4.79 Å². The first kappa shape index (κ1) is 24.6. The van der Waals surface area contributed by atoms with Gasteiger partial charge in [-0.05, 0) is 87.2 Å². The minimum Gasteiger partial charge on any atom is -0.451 e. The molecule has 196 valence electrons. The number of aliphatic hydroxyl groups is 1. The summed E-state index contributed by atoms with van der Waals surface area (Å²) in [6, 6.07) is 0. The molecule has 6 nitrogen and oxygen atoms in total.